The fourth-order valence-corrected chi connectivity index (χ4v) is 11.2. The summed E-state index contributed by atoms with van der Waals surface area (Å²) in [6.45, 7) is -1.73. The van der Waals surface area contributed by atoms with Crippen molar-refractivity contribution in [2.75, 3.05) is 36.1 Å². The number of hydrogen-bond acceptors (Lipinski definition) is 18. The van der Waals surface area contributed by atoms with Gasteiger partial charge < -0.3 is 69.0 Å². The molecule has 4 heterocycles. The second kappa shape index (κ2) is 26.8. The lowest BCUT2D eigenvalue weighted by Gasteiger charge is -2.26. The number of aromatic nitrogens is 2. The number of benzene rings is 8. The van der Waals surface area contributed by atoms with Gasteiger partial charge in [0.25, 0.3) is 0 Å². The molecule has 0 saturated carbocycles. The molecule has 24 nitrogen and oxygen atoms in total. The van der Waals surface area contributed by atoms with Crippen LogP contribution >= 0.6 is 0 Å². The van der Waals surface area contributed by atoms with Crippen molar-refractivity contribution in [3.8, 4) is 67.9 Å². The number of rotatable bonds is 23. The zero-order chi connectivity index (χ0) is 67.3. The van der Waals surface area contributed by atoms with Crippen LogP contribution < -0.4 is 30.1 Å². The first-order chi connectivity index (χ1) is 46.3. The Kier molecular flexibility index (Phi) is 17.5. The number of aromatic carboxylic acids is 2. The Bertz CT molecular complexity index is 4850. The van der Waals surface area contributed by atoms with Gasteiger partial charge in [-0.25, -0.2) is 19.6 Å². The first kappa shape index (κ1) is 62.8. The number of carboxylic acid groups (broad SMARTS) is 4. The normalized spacial score (nSPS) is 11.7. The third kappa shape index (κ3) is 13.6. The molecule has 478 valence electrons. The first-order valence-electron chi connectivity index (χ1n) is 29.3. The van der Waals surface area contributed by atoms with E-state index in [0.717, 1.165) is 0 Å². The molecule has 0 fully saturated rings. The molecule has 0 saturated heterocycles. The number of carboxylic acids is 4. The average molecular weight is 1290 g/mol. The van der Waals surface area contributed by atoms with Crippen molar-refractivity contribution in [3.05, 3.63) is 248 Å². The van der Waals surface area contributed by atoms with E-state index in [-0.39, 0.29) is 139 Å². The Morgan fingerprint density at radius 3 is 1.25 bits per heavy atom. The lowest BCUT2D eigenvalue weighted by molar-refractivity contribution is -0.136. The number of aliphatic hydroxyl groups is 2. The predicted octanol–water partition coefficient (Wildman–Crippen LogP) is 12.0. The summed E-state index contributed by atoms with van der Waals surface area (Å²) in [6.07, 6.45) is 3.09. The minimum Gasteiger partial charge on any atom is -0.508 e. The number of phenols is 2. The number of fused-ring (bicyclic) bond motifs is 4. The van der Waals surface area contributed by atoms with Gasteiger partial charge in [-0.15, -0.1) is 0 Å². The highest BCUT2D eigenvalue weighted by Crippen LogP contribution is 2.45. The van der Waals surface area contributed by atoms with Crippen LogP contribution in [-0.4, -0.2) is 113 Å². The molecule has 0 radical (unpaired) electrons. The molecule has 8 aromatic rings. The molecule has 24 heteroatoms. The highest BCUT2D eigenvalue weighted by Gasteiger charge is 2.27. The molecule has 0 amide bonds. The monoisotopic (exact) mass is 1290 g/mol. The second-order valence-corrected chi connectivity index (χ2v) is 21.8. The van der Waals surface area contributed by atoms with Gasteiger partial charge in [0.15, 0.2) is 10.9 Å². The van der Waals surface area contributed by atoms with E-state index in [4.69, 9.17) is 18.3 Å². The third-order valence-electron chi connectivity index (χ3n) is 15.4. The molecule has 2 aromatic heterocycles. The lowest BCUT2D eigenvalue weighted by atomic mass is 9.90. The maximum absolute atomic E-state index is 13.1. The number of aromatic hydroxyl groups is 2. The number of pyridine rings is 2. The van der Waals surface area contributed by atoms with Crippen LogP contribution in [-0.2, 0) is 22.7 Å². The van der Waals surface area contributed by atoms with E-state index in [1.54, 1.807) is 60.9 Å². The Morgan fingerprint density at radius 1 is 0.448 bits per heavy atom. The van der Waals surface area contributed by atoms with Gasteiger partial charge in [-0.3, -0.25) is 29.1 Å². The molecule has 6 aromatic carbocycles. The molecule has 2 aliphatic heterocycles. The summed E-state index contributed by atoms with van der Waals surface area (Å²) in [7, 11) is 0. The molecule has 2 aliphatic carbocycles. The Balaban J connectivity index is 0.883. The predicted molar refractivity (Wildman–Crippen MR) is 354 cm³/mol. The molecule has 4 aliphatic rings. The molecule has 0 atom stereocenters. The van der Waals surface area contributed by atoms with Crippen LogP contribution in [0.5, 0.6) is 23.0 Å². The van der Waals surface area contributed by atoms with Crippen LogP contribution in [0.3, 0.4) is 0 Å². The van der Waals surface area contributed by atoms with Gasteiger partial charge in [0.05, 0.1) is 58.4 Å². The van der Waals surface area contributed by atoms with Crippen LogP contribution in [0.4, 0.5) is 22.7 Å². The second-order valence-electron chi connectivity index (χ2n) is 21.8. The number of aliphatic hydroxyl groups excluding tert-OH is 2. The van der Waals surface area contributed by atoms with Crippen LogP contribution in [0, 0.1) is 0 Å². The van der Waals surface area contributed by atoms with Crippen molar-refractivity contribution >= 4 is 80.4 Å². The van der Waals surface area contributed by atoms with Crippen molar-refractivity contribution < 1.29 is 78.3 Å². The fourth-order valence-electron chi connectivity index (χ4n) is 11.2. The number of ether oxygens (including phenoxy) is 2. The Morgan fingerprint density at radius 2 is 0.865 bits per heavy atom. The van der Waals surface area contributed by atoms with Gasteiger partial charge in [-0.1, -0.05) is 24.3 Å². The van der Waals surface area contributed by atoms with Gasteiger partial charge >= 0.3 is 23.9 Å². The summed E-state index contributed by atoms with van der Waals surface area (Å²) in [5.41, 5.74) is 2.50. The Labute approximate surface area is 542 Å². The average Bonchev–Trinajstić information content (AvgIpc) is 0.756. The van der Waals surface area contributed by atoms with Crippen LogP contribution in [0.15, 0.2) is 223 Å². The van der Waals surface area contributed by atoms with Gasteiger partial charge in [0.2, 0.25) is 11.8 Å². The van der Waals surface area contributed by atoms with E-state index >= 15 is 0 Å². The molecular formula is C72H52N6O18. The van der Waals surface area contributed by atoms with E-state index < -0.39 is 48.8 Å². The van der Waals surface area contributed by atoms with Gasteiger partial charge in [0, 0.05) is 92.9 Å². The van der Waals surface area contributed by atoms with Crippen molar-refractivity contribution in [2.45, 2.75) is 13.1 Å². The standard InChI is InChI=1S/C72H52N6O18/c79-45-11-17-51-59(31-45)95-60-32-46(80)12-18-52(60)67(51)49-15-7-39(27-55(49)71(89)90)69(87)75-41-9-21-57(77(37-65(83)84)35-43-5-1-3-23-73-43)63(29-41)93-25-26-94-64-30-42(10-22-58(64)78(38-66(85)86)36-44-6-2-4-24-74-44)76-70(88)40-8-16-50(56(28-40)72(91)92)68-53-19-13-47(81)33-61(53)96-62-34-48(82)14-20-54(62)68/h1-24,27-34,79,81H,25-26,35-38H2,(H,75,87)(H,76,88)(H,83,84)(H,85,86)(H,89,90)(H,91,92). The van der Waals surface area contributed by atoms with Gasteiger partial charge in [-0.2, -0.15) is 0 Å². The van der Waals surface area contributed by atoms with E-state index in [1.807, 2.05) is 0 Å². The fraction of sp³-hybridized carbons (Fsp3) is 0.0833. The number of carbonyl (C=O) groups is 4. The summed E-state index contributed by atoms with van der Waals surface area (Å²) in [5.74, 6) is -6.37. The topological polar surface area (TPSA) is 366 Å². The minimum atomic E-state index is -1.38. The first-order valence-corrected chi connectivity index (χ1v) is 29.3. The maximum atomic E-state index is 13.1. The minimum absolute atomic E-state index is 0.0211. The van der Waals surface area contributed by atoms with E-state index in [1.165, 1.54) is 143 Å². The molecule has 96 heavy (non-hydrogen) atoms. The summed E-state index contributed by atoms with van der Waals surface area (Å²) in [6, 6.07) is 44.0. The highest BCUT2D eigenvalue weighted by molar-refractivity contribution is 6.11. The zero-order valence-electron chi connectivity index (χ0n) is 50.1. The van der Waals surface area contributed by atoms with Crippen molar-refractivity contribution in [2.24, 2.45) is 9.98 Å². The molecule has 0 spiro atoms. The maximum Gasteiger partial charge on any atom is 0.336 e. The van der Waals surface area contributed by atoms with Gasteiger partial charge in [-0.05, 0) is 132 Å². The summed E-state index contributed by atoms with van der Waals surface area (Å²) in [4.78, 5) is 96.7. The molecule has 0 bridgehead atoms. The number of anilines is 2. The van der Waals surface area contributed by atoms with E-state index in [9.17, 15) is 69.6 Å². The van der Waals surface area contributed by atoms with E-state index in [0.29, 0.717) is 44.4 Å². The zero-order valence-corrected chi connectivity index (χ0v) is 50.1. The molecule has 12 rings (SSSR count). The summed E-state index contributed by atoms with van der Waals surface area (Å²) < 4.78 is 24.8. The Hall–Kier alpha value is -13.4. The smallest absolute Gasteiger partial charge is 0.336 e. The SMILES string of the molecule is O=C(O)CN(Cc1ccccn1)c1ccc(N=C(O)c2ccc(-c3c4ccc(=O)cc-4oc4cc(O)ccc34)c(C(=O)O)c2)cc1OCCOc1cc(N=C(O)c2ccc(-c3c4ccc(=O)cc-4oc4cc(O)ccc34)c(C(=O)O)c2)ccc1N(CC(=O)O)Cc1ccccn1. The number of aliphatic imine (C=N–C) groups is 2. The van der Waals surface area contributed by atoms with Crippen LogP contribution in [0.2, 0.25) is 0 Å². The van der Waals surface area contributed by atoms with Gasteiger partial charge in [0.1, 0.15) is 72.0 Å². The highest BCUT2D eigenvalue weighted by atomic mass is 16.5. The van der Waals surface area contributed by atoms with Crippen LogP contribution in [0.25, 0.3) is 66.8 Å². The number of phenolic OH excluding ortho intramolecular Hbond substituents is 2. The molecular weight excluding hydrogens is 1240 g/mol. The quantitative estimate of drug-likeness (QED) is 0.0128. The van der Waals surface area contributed by atoms with E-state index in [2.05, 4.69) is 20.0 Å². The van der Waals surface area contributed by atoms with Crippen LogP contribution in [0.1, 0.15) is 43.2 Å². The third-order valence-corrected chi connectivity index (χ3v) is 15.4. The number of hydrogen-bond donors (Lipinski definition) is 8. The van der Waals surface area contributed by atoms with Crippen molar-refractivity contribution in [1.29, 1.82) is 0 Å². The lowest BCUT2D eigenvalue weighted by Crippen LogP contribution is -2.30. The molecule has 0 unspecified atom stereocenters. The molecule has 8 N–H and O–H groups in total. The summed E-state index contributed by atoms with van der Waals surface area (Å²) >= 11 is 0. The van der Waals surface area contributed by atoms with Crippen molar-refractivity contribution in [1.82, 2.24) is 9.97 Å². The largest absolute Gasteiger partial charge is 0.508 e. The number of nitrogens with zero attached hydrogens (tertiary/aromatic N) is 6. The number of aliphatic carboxylic acids is 2. The van der Waals surface area contributed by atoms with Crippen molar-refractivity contribution in [3.63, 3.8) is 0 Å². The summed E-state index contributed by atoms with van der Waals surface area (Å²) in [5, 5.41) is 86.6.